The molecule has 1 aliphatic heterocycles. The summed E-state index contributed by atoms with van der Waals surface area (Å²) in [6.07, 6.45) is 0. The van der Waals surface area contributed by atoms with E-state index in [1.807, 2.05) is 0 Å². The lowest BCUT2D eigenvalue weighted by Crippen LogP contribution is -2.38. The Morgan fingerprint density at radius 2 is 2.27 bits per heavy atom. The molecule has 0 N–H and O–H groups in total. The second kappa shape index (κ2) is 6.97. The number of likely N-dealkylation sites (N-methyl/N-ethyl adjacent to an activating group) is 1. The molecule has 2 rings (SSSR count). The van der Waals surface area contributed by atoms with Crippen LogP contribution >= 0.6 is 23.4 Å². The van der Waals surface area contributed by atoms with Gasteiger partial charge in [-0.2, -0.15) is 0 Å². The maximum absolute atomic E-state index is 12.1. The number of halogens is 1. The summed E-state index contributed by atoms with van der Waals surface area (Å²) in [5.74, 6) is 0.613. The summed E-state index contributed by atoms with van der Waals surface area (Å²) in [6.45, 7) is 0.156. The van der Waals surface area contributed by atoms with Gasteiger partial charge in [-0.25, -0.2) is 0 Å². The molecule has 1 aromatic carbocycles. The molecule has 0 bridgehead atoms. The van der Waals surface area contributed by atoms with Gasteiger partial charge in [0, 0.05) is 30.7 Å². The summed E-state index contributed by atoms with van der Waals surface area (Å²) < 4.78 is 0. The first-order valence-corrected chi connectivity index (χ1v) is 7.94. The standard InChI is InChI=1S/C13H14ClN3O4S/c1-15(12(18)6-16-8-22-7-13(16)19)5-9-4-10(17(20)21)2-3-11(9)14/h2-4H,5-8H2,1H3. The Balaban J connectivity index is 2.03. The lowest BCUT2D eigenvalue weighted by Gasteiger charge is -2.21. The van der Waals surface area contributed by atoms with Crippen LogP contribution in [0.3, 0.4) is 0 Å². The molecule has 0 spiro atoms. The third kappa shape index (κ3) is 3.89. The summed E-state index contributed by atoms with van der Waals surface area (Å²) in [7, 11) is 1.57. The van der Waals surface area contributed by atoms with E-state index in [1.54, 1.807) is 7.05 Å². The van der Waals surface area contributed by atoms with Gasteiger partial charge in [-0.3, -0.25) is 19.7 Å². The number of nitro benzene ring substituents is 1. The third-order valence-corrected chi connectivity index (χ3v) is 4.54. The van der Waals surface area contributed by atoms with Crippen LogP contribution < -0.4 is 0 Å². The summed E-state index contributed by atoms with van der Waals surface area (Å²) in [4.78, 5) is 36.8. The Bertz CT molecular complexity index is 625. The van der Waals surface area contributed by atoms with E-state index in [0.29, 0.717) is 22.2 Å². The zero-order valence-corrected chi connectivity index (χ0v) is 13.4. The number of hydrogen-bond donors (Lipinski definition) is 0. The molecule has 1 fully saturated rings. The predicted molar refractivity (Wildman–Crippen MR) is 83.6 cm³/mol. The van der Waals surface area contributed by atoms with E-state index in [4.69, 9.17) is 11.6 Å². The van der Waals surface area contributed by atoms with Gasteiger partial charge in [0.2, 0.25) is 11.8 Å². The molecule has 1 saturated heterocycles. The van der Waals surface area contributed by atoms with Crippen molar-refractivity contribution in [2.45, 2.75) is 6.54 Å². The highest BCUT2D eigenvalue weighted by atomic mass is 35.5. The summed E-state index contributed by atoms with van der Waals surface area (Å²) in [5, 5.41) is 11.1. The zero-order valence-electron chi connectivity index (χ0n) is 11.8. The average Bonchev–Trinajstić information content (AvgIpc) is 2.86. The molecule has 0 aromatic heterocycles. The number of non-ortho nitro benzene ring substituents is 1. The number of amides is 2. The first kappa shape index (κ1) is 16.6. The number of carbonyl (C=O) groups excluding carboxylic acids is 2. The van der Waals surface area contributed by atoms with Crippen LogP contribution in [0.5, 0.6) is 0 Å². The van der Waals surface area contributed by atoms with Gasteiger partial charge in [-0.1, -0.05) is 11.6 Å². The Kier molecular flexibility index (Phi) is 5.25. The summed E-state index contributed by atoms with van der Waals surface area (Å²) >= 11 is 7.48. The number of nitrogens with zero attached hydrogens (tertiary/aromatic N) is 3. The predicted octanol–water partition coefficient (Wildman–Crippen LogP) is 1.74. The fourth-order valence-corrected chi connectivity index (χ4v) is 3.05. The SMILES string of the molecule is CN(Cc1cc([N+](=O)[O-])ccc1Cl)C(=O)CN1CSCC1=O. The number of benzene rings is 1. The molecule has 0 atom stereocenters. The van der Waals surface area contributed by atoms with Crippen LogP contribution in [0.15, 0.2) is 18.2 Å². The normalized spacial score (nSPS) is 14.3. The molecular formula is C13H14ClN3O4S. The van der Waals surface area contributed by atoms with E-state index in [2.05, 4.69) is 0 Å². The average molecular weight is 344 g/mol. The van der Waals surface area contributed by atoms with Crippen molar-refractivity contribution in [3.05, 3.63) is 38.9 Å². The number of hydrogen-bond acceptors (Lipinski definition) is 5. The molecule has 2 amide bonds. The van der Waals surface area contributed by atoms with Gasteiger partial charge >= 0.3 is 0 Å². The van der Waals surface area contributed by atoms with Crippen LogP contribution in [0, 0.1) is 10.1 Å². The lowest BCUT2D eigenvalue weighted by atomic mass is 10.2. The molecule has 1 aliphatic rings. The van der Waals surface area contributed by atoms with E-state index in [9.17, 15) is 19.7 Å². The lowest BCUT2D eigenvalue weighted by molar-refractivity contribution is -0.384. The highest BCUT2D eigenvalue weighted by molar-refractivity contribution is 8.00. The van der Waals surface area contributed by atoms with Crippen molar-refractivity contribution >= 4 is 40.9 Å². The van der Waals surface area contributed by atoms with Crippen molar-refractivity contribution in [3.8, 4) is 0 Å². The Morgan fingerprint density at radius 3 is 2.86 bits per heavy atom. The van der Waals surface area contributed by atoms with Crippen molar-refractivity contribution in [3.63, 3.8) is 0 Å². The van der Waals surface area contributed by atoms with Crippen LogP contribution in [0.25, 0.3) is 0 Å². The van der Waals surface area contributed by atoms with Crippen molar-refractivity contribution in [1.29, 1.82) is 0 Å². The quantitative estimate of drug-likeness (QED) is 0.600. The van der Waals surface area contributed by atoms with Crippen LogP contribution in [-0.4, -0.2) is 51.8 Å². The molecule has 118 valence electrons. The molecule has 22 heavy (non-hydrogen) atoms. The Hall–Kier alpha value is -1.80. The Morgan fingerprint density at radius 1 is 1.55 bits per heavy atom. The minimum Gasteiger partial charge on any atom is -0.340 e. The number of thioether (sulfide) groups is 1. The minimum absolute atomic E-state index is 0.00881. The van der Waals surface area contributed by atoms with Crippen molar-refractivity contribution in [2.75, 3.05) is 25.2 Å². The second-order valence-corrected chi connectivity index (χ2v) is 6.21. The van der Waals surface area contributed by atoms with E-state index in [0.717, 1.165) is 0 Å². The maximum atomic E-state index is 12.1. The second-order valence-electron chi connectivity index (χ2n) is 4.85. The molecule has 0 radical (unpaired) electrons. The van der Waals surface area contributed by atoms with Gasteiger partial charge in [0.25, 0.3) is 5.69 Å². The molecule has 0 aliphatic carbocycles. The van der Waals surface area contributed by atoms with Gasteiger partial charge in [0.05, 0.1) is 16.6 Å². The summed E-state index contributed by atoms with van der Waals surface area (Å²) in [6, 6.07) is 4.10. The molecule has 7 nitrogen and oxygen atoms in total. The third-order valence-electron chi connectivity index (χ3n) is 3.22. The van der Waals surface area contributed by atoms with Crippen molar-refractivity contribution in [1.82, 2.24) is 9.80 Å². The topological polar surface area (TPSA) is 83.8 Å². The van der Waals surface area contributed by atoms with Crippen LogP contribution in [0.2, 0.25) is 5.02 Å². The van der Waals surface area contributed by atoms with Crippen LogP contribution in [0.4, 0.5) is 5.69 Å². The Labute approximate surface area is 136 Å². The van der Waals surface area contributed by atoms with Crippen molar-refractivity contribution < 1.29 is 14.5 Å². The number of carbonyl (C=O) groups is 2. The monoisotopic (exact) mass is 343 g/mol. The van der Waals surface area contributed by atoms with Crippen LogP contribution in [0.1, 0.15) is 5.56 Å². The molecule has 9 heteroatoms. The van der Waals surface area contributed by atoms with E-state index >= 15 is 0 Å². The minimum atomic E-state index is -0.512. The fraction of sp³-hybridized carbons (Fsp3) is 0.385. The van der Waals surface area contributed by atoms with Gasteiger partial charge in [-0.05, 0) is 11.6 Å². The largest absolute Gasteiger partial charge is 0.340 e. The molecule has 1 heterocycles. The molecule has 0 saturated carbocycles. The maximum Gasteiger partial charge on any atom is 0.269 e. The molecular weight excluding hydrogens is 330 g/mol. The fourth-order valence-electron chi connectivity index (χ4n) is 1.96. The van der Waals surface area contributed by atoms with Gasteiger partial charge < -0.3 is 9.80 Å². The number of rotatable bonds is 5. The highest BCUT2D eigenvalue weighted by Gasteiger charge is 2.24. The summed E-state index contributed by atoms with van der Waals surface area (Å²) in [5.41, 5.74) is 0.417. The first-order chi connectivity index (χ1) is 10.4. The highest BCUT2D eigenvalue weighted by Crippen LogP contribution is 2.23. The van der Waals surface area contributed by atoms with Crippen LogP contribution in [-0.2, 0) is 16.1 Å². The van der Waals surface area contributed by atoms with E-state index in [1.165, 1.54) is 39.8 Å². The smallest absolute Gasteiger partial charge is 0.269 e. The van der Waals surface area contributed by atoms with Gasteiger partial charge in [0.15, 0.2) is 0 Å². The zero-order chi connectivity index (χ0) is 16.3. The molecule has 1 aromatic rings. The molecule has 0 unspecified atom stereocenters. The van der Waals surface area contributed by atoms with Gasteiger partial charge in [0.1, 0.15) is 6.54 Å². The van der Waals surface area contributed by atoms with E-state index in [-0.39, 0.29) is 30.6 Å². The van der Waals surface area contributed by atoms with Gasteiger partial charge in [-0.15, -0.1) is 11.8 Å². The van der Waals surface area contributed by atoms with Crippen molar-refractivity contribution in [2.24, 2.45) is 0 Å². The van der Waals surface area contributed by atoms with E-state index < -0.39 is 4.92 Å². The number of nitro groups is 1. The first-order valence-electron chi connectivity index (χ1n) is 6.41.